The highest BCUT2D eigenvalue weighted by atomic mass is 35.5. The number of aromatic nitrogens is 1. The fourth-order valence-electron chi connectivity index (χ4n) is 1.99. The van der Waals surface area contributed by atoms with Crippen LogP contribution >= 0.6 is 23.2 Å². The Morgan fingerprint density at radius 1 is 0.905 bits per heavy atom. The Labute approximate surface area is 131 Å². The number of carbonyl (C=O) groups excluding carboxylic acids is 1. The third-order valence-electron chi connectivity index (χ3n) is 2.99. The first-order valence-corrected chi connectivity index (χ1v) is 6.97. The van der Waals surface area contributed by atoms with Crippen LogP contribution in [0.2, 0.25) is 10.0 Å². The minimum Gasteiger partial charge on any atom is -0.361 e. The van der Waals surface area contributed by atoms with Gasteiger partial charge in [-0.15, -0.1) is 0 Å². The Morgan fingerprint density at radius 3 is 2.38 bits per heavy atom. The molecule has 106 valence electrons. The molecule has 21 heavy (non-hydrogen) atoms. The van der Waals surface area contributed by atoms with E-state index in [9.17, 15) is 4.79 Å². The summed E-state index contributed by atoms with van der Waals surface area (Å²) in [6, 6.07) is 12.2. The first kappa shape index (κ1) is 13.8. The van der Waals surface area contributed by atoms with Crippen molar-refractivity contribution in [2.45, 2.75) is 0 Å². The van der Waals surface area contributed by atoms with Crippen molar-refractivity contribution in [3.63, 3.8) is 0 Å². The molecule has 3 N–H and O–H groups in total. The standard InChI is InChI=1S/C15H11Cl2N3O/c16-12-4-3-10(7-13(12)17)19-15(21)20-11-2-1-9-5-6-18-14(9)8-11/h1-8,18H,(H2,19,20,21). The molecule has 2 aromatic carbocycles. The lowest BCUT2D eigenvalue weighted by atomic mass is 10.2. The van der Waals surface area contributed by atoms with E-state index in [4.69, 9.17) is 23.2 Å². The molecular formula is C15H11Cl2N3O. The summed E-state index contributed by atoms with van der Waals surface area (Å²) in [6.45, 7) is 0. The molecule has 0 spiro atoms. The van der Waals surface area contributed by atoms with Crippen LogP contribution < -0.4 is 10.6 Å². The largest absolute Gasteiger partial charge is 0.361 e. The Kier molecular flexibility index (Phi) is 3.73. The van der Waals surface area contributed by atoms with E-state index in [1.165, 1.54) is 0 Å². The normalized spacial score (nSPS) is 10.6. The van der Waals surface area contributed by atoms with Crippen molar-refractivity contribution < 1.29 is 4.79 Å². The monoisotopic (exact) mass is 319 g/mol. The quantitative estimate of drug-likeness (QED) is 0.603. The molecule has 0 saturated carbocycles. The lowest BCUT2D eigenvalue weighted by Gasteiger charge is -2.08. The number of carbonyl (C=O) groups is 1. The van der Waals surface area contributed by atoms with Gasteiger partial charge in [-0.3, -0.25) is 0 Å². The second kappa shape index (κ2) is 5.68. The number of amides is 2. The summed E-state index contributed by atoms with van der Waals surface area (Å²) >= 11 is 11.7. The Hall–Kier alpha value is -2.17. The number of rotatable bonds is 2. The molecule has 4 nitrogen and oxygen atoms in total. The number of aromatic amines is 1. The number of urea groups is 1. The maximum atomic E-state index is 11.9. The number of benzene rings is 2. The van der Waals surface area contributed by atoms with Crippen LogP contribution in [0.3, 0.4) is 0 Å². The molecule has 0 atom stereocenters. The predicted molar refractivity (Wildman–Crippen MR) is 87.4 cm³/mol. The van der Waals surface area contributed by atoms with E-state index >= 15 is 0 Å². The van der Waals surface area contributed by atoms with Crippen molar-refractivity contribution in [2.24, 2.45) is 0 Å². The van der Waals surface area contributed by atoms with Gasteiger partial charge in [0.25, 0.3) is 0 Å². The lowest BCUT2D eigenvalue weighted by molar-refractivity contribution is 0.262. The predicted octanol–water partition coefficient (Wildman–Crippen LogP) is 5.12. The SMILES string of the molecule is O=C(Nc1ccc(Cl)c(Cl)c1)Nc1ccc2cc[nH]c2c1. The third-order valence-corrected chi connectivity index (χ3v) is 3.73. The van der Waals surface area contributed by atoms with Crippen LogP contribution in [-0.2, 0) is 0 Å². The zero-order valence-electron chi connectivity index (χ0n) is 10.8. The number of halogens is 2. The molecule has 6 heteroatoms. The van der Waals surface area contributed by atoms with Gasteiger partial charge in [-0.1, -0.05) is 29.3 Å². The van der Waals surface area contributed by atoms with E-state index in [0.29, 0.717) is 21.4 Å². The molecule has 0 aliphatic rings. The molecule has 3 rings (SSSR count). The molecular weight excluding hydrogens is 309 g/mol. The van der Waals surface area contributed by atoms with Crippen LogP contribution in [-0.4, -0.2) is 11.0 Å². The van der Waals surface area contributed by atoms with E-state index in [1.54, 1.807) is 18.2 Å². The number of hydrogen-bond donors (Lipinski definition) is 3. The van der Waals surface area contributed by atoms with Crippen LogP contribution in [0.25, 0.3) is 10.9 Å². The van der Waals surface area contributed by atoms with Crippen molar-refractivity contribution >= 4 is 51.5 Å². The molecule has 0 saturated heterocycles. The minimum atomic E-state index is -0.348. The average molecular weight is 320 g/mol. The van der Waals surface area contributed by atoms with Gasteiger partial charge in [-0.2, -0.15) is 0 Å². The molecule has 0 aliphatic carbocycles. The van der Waals surface area contributed by atoms with Crippen molar-refractivity contribution in [2.75, 3.05) is 10.6 Å². The van der Waals surface area contributed by atoms with E-state index in [0.717, 1.165) is 10.9 Å². The second-order valence-corrected chi connectivity index (χ2v) is 5.30. The van der Waals surface area contributed by atoms with Crippen LogP contribution in [0.5, 0.6) is 0 Å². The minimum absolute atomic E-state index is 0.348. The third kappa shape index (κ3) is 3.12. The van der Waals surface area contributed by atoms with Gasteiger partial charge in [0.2, 0.25) is 0 Å². The van der Waals surface area contributed by atoms with Gasteiger partial charge in [0.15, 0.2) is 0 Å². The van der Waals surface area contributed by atoms with E-state index in [1.807, 2.05) is 30.5 Å². The van der Waals surface area contributed by atoms with Gasteiger partial charge in [-0.25, -0.2) is 4.79 Å². The maximum absolute atomic E-state index is 11.9. The van der Waals surface area contributed by atoms with Gasteiger partial charge < -0.3 is 15.6 Å². The van der Waals surface area contributed by atoms with E-state index in [-0.39, 0.29) is 6.03 Å². The molecule has 0 radical (unpaired) electrons. The molecule has 0 unspecified atom stereocenters. The Balaban J connectivity index is 1.71. The van der Waals surface area contributed by atoms with E-state index < -0.39 is 0 Å². The molecule has 1 aromatic heterocycles. The van der Waals surface area contributed by atoms with Gasteiger partial charge in [0.1, 0.15) is 0 Å². The number of anilines is 2. The van der Waals surface area contributed by atoms with E-state index in [2.05, 4.69) is 15.6 Å². The van der Waals surface area contributed by atoms with Gasteiger partial charge in [0.05, 0.1) is 10.0 Å². The number of nitrogens with one attached hydrogen (secondary N) is 3. The fraction of sp³-hybridized carbons (Fsp3) is 0. The smallest absolute Gasteiger partial charge is 0.323 e. The summed E-state index contributed by atoms with van der Waals surface area (Å²) in [5, 5.41) is 7.38. The Bertz CT molecular complexity index is 814. The zero-order valence-corrected chi connectivity index (χ0v) is 12.3. The summed E-state index contributed by atoms with van der Waals surface area (Å²) in [5.41, 5.74) is 2.23. The number of H-pyrrole nitrogens is 1. The lowest BCUT2D eigenvalue weighted by Crippen LogP contribution is -2.19. The van der Waals surface area contributed by atoms with Crippen LogP contribution in [0, 0.1) is 0 Å². The van der Waals surface area contributed by atoms with Crippen LogP contribution in [0.15, 0.2) is 48.7 Å². The molecule has 1 heterocycles. The Morgan fingerprint density at radius 2 is 1.62 bits per heavy atom. The summed E-state index contributed by atoms with van der Waals surface area (Å²) in [6.07, 6.45) is 1.85. The number of hydrogen-bond acceptors (Lipinski definition) is 1. The van der Waals surface area contributed by atoms with Gasteiger partial charge in [0, 0.05) is 23.1 Å². The summed E-state index contributed by atoms with van der Waals surface area (Å²) in [5.74, 6) is 0. The highest BCUT2D eigenvalue weighted by molar-refractivity contribution is 6.42. The summed E-state index contributed by atoms with van der Waals surface area (Å²) < 4.78 is 0. The van der Waals surface area contributed by atoms with Crippen LogP contribution in [0.4, 0.5) is 16.2 Å². The number of fused-ring (bicyclic) bond motifs is 1. The van der Waals surface area contributed by atoms with Crippen molar-refractivity contribution in [3.8, 4) is 0 Å². The zero-order chi connectivity index (χ0) is 14.8. The first-order chi connectivity index (χ1) is 10.1. The molecule has 0 bridgehead atoms. The fourth-order valence-corrected chi connectivity index (χ4v) is 2.29. The van der Waals surface area contributed by atoms with Gasteiger partial charge in [-0.05, 0) is 41.8 Å². The van der Waals surface area contributed by atoms with Crippen LogP contribution in [0.1, 0.15) is 0 Å². The molecule has 3 aromatic rings. The molecule has 2 amide bonds. The summed E-state index contributed by atoms with van der Waals surface area (Å²) in [4.78, 5) is 15.0. The summed E-state index contributed by atoms with van der Waals surface area (Å²) in [7, 11) is 0. The van der Waals surface area contributed by atoms with Crippen molar-refractivity contribution in [1.82, 2.24) is 4.98 Å². The maximum Gasteiger partial charge on any atom is 0.323 e. The van der Waals surface area contributed by atoms with Crippen molar-refractivity contribution in [3.05, 3.63) is 58.7 Å². The topological polar surface area (TPSA) is 56.9 Å². The highest BCUT2D eigenvalue weighted by Crippen LogP contribution is 2.25. The van der Waals surface area contributed by atoms with Gasteiger partial charge >= 0.3 is 6.03 Å². The average Bonchev–Trinajstić information content (AvgIpc) is 2.90. The molecule has 0 fully saturated rings. The van der Waals surface area contributed by atoms with Crippen molar-refractivity contribution in [1.29, 1.82) is 0 Å². The molecule has 0 aliphatic heterocycles. The second-order valence-electron chi connectivity index (χ2n) is 4.49. The first-order valence-electron chi connectivity index (χ1n) is 6.22. The highest BCUT2D eigenvalue weighted by Gasteiger charge is 2.05.